The molecule has 0 saturated heterocycles. The minimum atomic E-state index is 0.515. The third-order valence-corrected chi connectivity index (χ3v) is 4.06. The fourth-order valence-electron chi connectivity index (χ4n) is 1.65. The first-order valence-electron chi connectivity index (χ1n) is 6.02. The first-order chi connectivity index (χ1) is 9.54. The van der Waals surface area contributed by atoms with Gasteiger partial charge in [0.05, 0.1) is 5.69 Å². The van der Waals surface area contributed by atoms with Crippen LogP contribution in [-0.4, -0.2) is 5.17 Å². The maximum Gasteiger partial charge on any atom is 0.159 e. The van der Waals surface area contributed by atoms with E-state index in [1.165, 1.54) is 11.8 Å². The SMILES string of the molecule is Cc1cccc(N=C(N)SCc2ccc(Cl)cc2Cl)c1. The van der Waals surface area contributed by atoms with Crippen LogP contribution in [0.1, 0.15) is 11.1 Å². The van der Waals surface area contributed by atoms with E-state index in [2.05, 4.69) is 4.99 Å². The number of nitrogens with two attached hydrogens (primary N) is 1. The number of thioether (sulfide) groups is 1. The van der Waals surface area contributed by atoms with Crippen LogP contribution in [0.15, 0.2) is 47.5 Å². The standard InChI is InChI=1S/C15H14Cl2N2S/c1-10-3-2-4-13(7-10)19-15(18)20-9-11-5-6-12(16)8-14(11)17/h2-8H,9H2,1H3,(H2,18,19). The molecule has 0 heterocycles. The molecular weight excluding hydrogens is 311 g/mol. The van der Waals surface area contributed by atoms with Gasteiger partial charge in [0, 0.05) is 15.8 Å². The van der Waals surface area contributed by atoms with E-state index in [4.69, 9.17) is 28.9 Å². The summed E-state index contributed by atoms with van der Waals surface area (Å²) in [6.07, 6.45) is 0. The average molecular weight is 325 g/mol. The summed E-state index contributed by atoms with van der Waals surface area (Å²) in [7, 11) is 0. The predicted molar refractivity (Wildman–Crippen MR) is 90.2 cm³/mol. The van der Waals surface area contributed by atoms with E-state index >= 15 is 0 Å². The Kier molecular flexibility index (Phi) is 5.35. The molecule has 0 fully saturated rings. The molecule has 0 unspecified atom stereocenters. The van der Waals surface area contributed by atoms with Crippen molar-refractivity contribution in [2.24, 2.45) is 10.7 Å². The molecule has 2 aromatic rings. The van der Waals surface area contributed by atoms with Crippen LogP contribution in [0.2, 0.25) is 10.0 Å². The van der Waals surface area contributed by atoms with Gasteiger partial charge in [0.15, 0.2) is 5.17 Å². The maximum absolute atomic E-state index is 6.12. The van der Waals surface area contributed by atoms with Crippen molar-refractivity contribution in [3.8, 4) is 0 Å². The lowest BCUT2D eigenvalue weighted by molar-refractivity contribution is 1.41. The summed E-state index contributed by atoms with van der Waals surface area (Å²) in [6, 6.07) is 13.3. The molecule has 2 nitrogen and oxygen atoms in total. The van der Waals surface area contributed by atoms with Crippen LogP contribution >= 0.6 is 35.0 Å². The molecule has 2 aromatic carbocycles. The van der Waals surface area contributed by atoms with Crippen LogP contribution in [0.4, 0.5) is 5.69 Å². The van der Waals surface area contributed by atoms with E-state index in [1.807, 2.05) is 43.3 Å². The molecule has 0 bridgehead atoms. The van der Waals surface area contributed by atoms with Crippen LogP contribution < -0.4 is 5.73 Å². The molecule has 0 saturated carbocycles. The maximum atomic E-state index is 6.12. The fourth-order valence-corrected chi connectivity index (χ4v) is 2.93. The smallest absolute Gasteiger partial charge is 0.159 e. The number of benzene rings is 2. The van der Waals surface area contributed by atoms with Crippen LogP contribution in [-0.2, 0) is 5.75 Å². The van der Waals surface area contributed by atoms with E-state index in [9.17, 15) is 0 Å². The Morgan fingerprint density at radius 1 is 1.20 bits per heavy atom. The number of hydrogen-bond donors (Lipinski definition) is 1. The number of hydrogen-bond acceptors (Lipinski definition) is 2. The van der Waals surface area contributed by atoms with Crippen molar-refractivity contribution < 1.29 is 0 Å². The summed E-state index contributed by atoms with van der Waals surface area (Å²) in [5, 5.41) is 1.79. The molecule has 0 aliphatic carbocycles. The second-order valence-electron chi connectivity index (χ2n) is 4.31. The van der Waals surface area contributed by atoms with Gasteiger partial charge in [0.1, 0.15) is 0 Å². The minimum absolute atomic E-state index is 0.515. The lowest BCUT2D eigenvalue weighted by atomic mass is 10.2. The molecular formula is C15H14Cl2N2S. The molecule has 0 amide bonds. The molecule has 0 spiro atoms. The highest BCUT2D eigenvalue weighted by atomic mass is 35.5. The van der Waals surface area contributed by atoms with Gasteiger partial charge in [0.2, 0.25) is 0 Å². The van der Waals surface area contributed by atoms with Crippen molar-refractivity contribution in [3.63, 3.8) is 0 Å². The first kappa shape index (κ1) is 15.2. The van der Waals surface area contributed by atoms with Crippen molar-refractivity contribution in [1.82, 2.24) is 0 Å². The van der Waals surface area contributed by atoms with E-state index in [1.54, 1.807) is 6.07 Å². The fraction of sp³-hybridized carbons (Fsp3) is 0.133. The number of amidine groups is 1. The minimum Gasteiger partial charge on any atom is -0.378 e. The molecule has 104 valence electrons. The first-order valence-corrected chi connectivity index (χ1v) is 7.76. The highest BCUT2D eigenvalue weighted by Crippen LogP contribution is 2.25. The monoisotopic (exact) mass is 324 g/mol. The van der Waals surface area contributed by atoms with E-state index < -0.39 is 0 Å². The third-order valence-electron chi connectivity index (χ3n) is 2.63. The molecule has 0 aromatic heterocycles. The van der Waals surface area contributed by atoms with Gasteiger partial charge in [-0.3, -0.25) is 0 Å². The number of halogens is 2. The van der Waals surface area contributed by atoms with E-state index in [0.717, 1.165) is 16.8 Å². The Labute approximate surface area is 133 Å². The quantitative estimate of drug-likeness (QED) is 0.623. The van der Waals surface area contributed by atoms with Gasteiger partial charge in [-0.15, -0.1) is 0 Å². The van der Waals surface area contributed by atoms with Crippen LogP contribution in [0.3, 0.4) is 0 Å². The predicted octanol–water partition coefficient (Wildman–Crippen LogP) is 5.18. The zero-order chi connectivity index (χ0) is 14.5. The normalized spacial score (nSPS) is 11.7. The van der Waals surface area contributed by atoms with Crippen LogP contribution in [0.25, 0.3) is 0 Å². The lowest BCUT2D eigenvalue weighted by Crippen LogP contribution is -2.06. The number of aliphatic imine (C=N–C) groups is 1. The molecule has 0 aliphatic rings. The van der Waals surface area contributed by atoms with Crippen molar-refractivity contribution >= 4 is 45.8 Å². The van der Waals surface area contributed by atoms with Gasteiger partial charge in [-0.2, -0.15) is 0 Å². The third kappa shape index (κ3) is 4.44. The second kappa shape index (κ2) is 7.02. The van der Waals surface area contributed by atoms with Crippen molar-refractivity contribution in [2.75, 3.05) is 0 Å². The van der Waals surface area contributed by atoms with Gasteiger partial charge in [-0.05, 0) is 42.3 Å². The van der Waals surface area contributed by atoms with Crippen molar-refractivity contribution in [3.05, 3.63) is 63.6 Å². The van der Waals surface area contributed by atoms with Gasteiger partial charge >= 0.3 is 0 Å². The van der Waals surface area contributed by atoms with Crippen LogP contribution in [0.5, 0.6) is 0 Å². The summed E-state index contributed by atoms with van der Waals surface area (Å²) in [6.45, 7) is 2.02. The Morgan fingerprint density at radius 2 is 2.00 bits per heavy atom. The van der Waals surface area contributed by atoms with Gasteiger partial charge < -0.3 is 5.73 Å². The molecule has 2 rings (SSSR count). The summed E-state index contributed by atoms with van der Waals surface area (Å²) in [5.41, 5.74) is 8.93. The number of aryl methyl sites for hydroxylation is 1. The van der Waals surface area contributed by atoms with E-state index in [-0.39, 0.29) is 0 Å². The molecule has 0 radical (unpaired) electrons. The second-order valence-corrected chi connectivity index (χ2v) is 6.15. The van der Waals surface area contributed by atoms with Crippen molar-refractivity contribution in [2.45, 2.75) is 12.7 Å². The molecule has 0 atom stereocenters. The Balaban J connectivity index is 2.03. The number of nitrogens with zero attached hydrogens (tertiary/aromatic N) is 1. The van der Waals surface area contributed by atoms with Gasteiger partial charge in [-0.1, -0.05) is 53.2 Å². The highest BCUT2D eigenvalue weighted by Gasteiger charge is 2.03. The van der Waals surface area contributed by atoms with Gasteiger partial charge in [0.25, 0.3) is 0 Å². The summed E-state index contributed by atoms with van der Waals surface area (Å²) < 4.78 is 0. The average Bonchev–Trinajstić information content (AvgIpc) is 2.37. The zero-order valence-corrected chi connectivity index (χ0v) is 13.3. The zero-order valence-electron chi connectivity index (χ0n) is 10.9. The number of rotatable bonds is 3. The van der Waals surface area contributed by atoms with Crippen LogP contribution in [0, 0.1) is 6.92 Å². The molecule has 0 aliphatic heterocycles. The topological polar surface area (TPSA) is 38.4 Å². The summed E-state index contributed by atoms with van der Waals surface area (Å²) >= 11 is 13.4. The Morgan fingerprint density at radius 3 is 2.70 bits per heavy atom. The van der Waals surface area contributed by atoms with E-state index in [0.29, 0.717) is 21.0 Å². The lowest BCUT2D eigenvalue weighted by Gasteiger charge is -2.04. The summed E-state index contributed by atoms with van der Waals surface area (Å²) in [4.78, 5) is 4.37. The Bertz CT molecular complexity index is 642. The Hall–Kier alpha value is -1.16. The van der Waals surface area contributed by atoms with Crippen molar-refractivity contribution in [1.29, 1.82) is 0 Å². The molecule has 20 heavy (non-hydrogen) atoms. The molecule has 5 heteroatoms. The highest BCUT2D eigenvalue weighted by molar-refractivity contribution is 8.13. The van der Waals surface area contributed by atoms with Gasteiger partial charge in [-0.25, -0.2) is 4.99 Å². The largest absolute Gasteiger partial charge is 0.378 e. The molecule has 2 N–H and O–H groups in total. The summed E-state index contributed by atoms with van der Waals surface area (Å²) in [5.74, 6) is 0.664.